The second-order valence-corrected chi connectivity index (χ2v) is 2.51. The molecular formula is C8H10Cl2N3Zn-. The number of nitrogens with zero attached hydrogens (tertiary/aromatic N) is 3. The summed E-state index contributed by atoms with van der Waals surface area (Å²) in [4.78, 5) is 5.04. The van der Waals surface area contributed by atoms with Gasteiger partial charge in [-0.2, -0.15) is 0 Å². The third kappa shape index (κ3) is 5.39. The van der Waals surface area contributed by atoms with Crippen LogP contribution in [0.25, 0.3) is 4.98 Å². The minimum Gasteiger partial charge on any atom is -1.00 e. The van der Waals surface area contributed by atoms with Gasteiger partial charge < -0.3 is 29.7 Å². The standard InChI is InChI=1S/C8H10N3.2ClH.Zn/c1-11(2)8-5-3-7(10-9)4-6-8;;;/h3-6H,1-2H3;2*1H;/q+1;;;/p-2. The summed E-state index contributed by atoms with van der Waals surface area (Å²) in [5.74, 6) is 0. The number of anilines is 1. The van der Waals surface area contributed by atoms with Crippen LogP contribution in [0.5, 0.6) is 0 Å². The van der Waals surface area contributed by atoms with Gasteiger partial charge in [-0.1, -0.05) is 0 Å². The van der Waals surface area contributed by atoms with Crippen molar-refractivity contribution in [2.75, 3.05) is 19.0 Å². The summed E-state index contributed by atoms with van der Waals surface area (Å²) < 4.78 is 0. The molecule has 14 heavy (non-hydrogen) atoms. The minimum absolute atomic E-state index is 0. The first-order valence-corrected chi connectivity index (χ1v) is 3.36. The molecule has 0 atom stereocenters. The Morgan fingerprint density at radius 1 is 1.07 bits per heavy atom. The molecule has 0 heterocycles. The fourth-order valence-electron chi connectivity index (χ4n) is 0.817. The first-order chi connectivity index (χ1) is 5.24. The summed E-state index contributed by atoms with van der Waals surface area (Å²) in [7, 11) is 3.93. The zero-order chi connectivity index (χ0) is 8.27. The fourth-order valence-corrected chi connectivity index (χ4v) is 0.817. The zero-order valence-electron chi connectivity index (χ0n) is 8.11. The van der Waals surface area contributed by atoms with E-state index in [9.17, 15) is 0 Å². The van der Waals surface area contributed by atoms with Crippen molar-refractivity contribution in [3.63, 3.8) is 0 Å². The number of rotatable bonds is 1. The molecule has 0 aliphatic carbocycles. The summed E-state index contributed by atoms with van der Waals surface area (Å²) in [6, 6.07) is 7.31. The van der Waals surface area contributed by atoms with E-state index >= 15 is 0 Å². The Kier molecular flexibility index (Phi) is 12.7. The van der Waals surface area contributed by atoms with E-state index in [0.29, 0.717) is 5.69 Å². The van der Waals surface area contributed by atoms with E-state index in [1.54, 1.807) is 12.1 Å². The van der Waals surface area contributed by atoms with Crippen LogP contribution in [0.2, 0.25) is 0 Å². The van der Waals surface area contributed by atoms with Gasteiger partial charge in [0.15, 0.2) is 4.98 Å². The molecule has 0 bridgehead atoms. The van der Waals surface area contributed by atoms with Crippen LogP contribution < -0.4 is 29.7 Å². The van der Waals surface area contributed by atoms with Crippen LogP contribution in [-0.2, 0) is 19.5 Å². The molecule has 6 heteroatoms. The number of hydrogen-bond acceptors (Lipinski definition) is 2. The molecule has 0 aliphatic heterocycles. The van der Waals surface area contributed by atoms with Crippen LogP contribution >= 0.6 is 0 Å². The van der Waals surface area contributed by atoms with Crippen LogP contribution in [0.1, 0.15) is 0 Å². The second-order valence-electron chi connectivity index (χ2n) is 2.51. The van der Waals surface area contributed by atoms with E-state index in [4.69, 9.17) is 5.39 Å². The summed E-state index contributed by atoms with van der Waals surface area (Å²) in [5.41, 5.74) is 1.67. The summed E-state index contributed by atoms with van der Waals surface area (Å²) >= 11 is 0. The summed E-state index contributed by atoms with van der Waals surface area (Å²) in [6.45, 7) is 0. The van der Waals surface area contributed by atoms with Crippen molar-refractivity contribution >= 4 is 11.4 Å². The molecule has 1 aromatic rings. The Morgan fingerprint density at radius 3 is 1.79 bits per heavy atom. The van der Waals surface area contributed by atoms with Gasteiger partial charge in [0, 0.05) is 51.4 Å². The van der Waals surface area contributed by atoms with Gasteiger partial charge in [-0.25, -0.2) is 0 Å². The van der Waals surface area contributed by atoms with Gasteiger partial charge in [-0.05, 0) is 12.1 Å². The number of benzene rings is 1. The molecule has 74 valence electrons. The largest absolute Gasteiger partial charge is 1.00 e. The van der Waals surface area contributed by atoms with E-state index in [1.807, 2.05) is 31.1 Å². The number of halogens is 2. The van der Waals surface area contributed by atoms with Crippen LogP contribution in [0, 0.1) is 5.39 Å². The van der Waals surface area contributed by atoms with Crippen molar-refractivity contribution < 1.29 is 44.3 Å². The third-order valence-electron chi connectivity index (χ3n) is 1.48. The van der Waals surface area contributed by atoms with Crippen LogP contribution in [0.3, 0.4) is 0 Å². The van der Waals surface area contributed by atoms with Crippen molar-refractivity contribution in [2.45, 2.75) is 0 Å². The Balaban J connectivity index is -0.000000403. The monoisotopic (exact) mass is 282 g/mol. The molecule has 0 spiro atoms. The molecule has 3 nitrogen and oxygen atoms in total. The molecule has 1 aromatic carbocycles. The first-order valence-electron chi connectivity index (χ1n) is 3.36. The van der Waals surface area contributed by atoms with Gasteiger partial charge in [0.05, 0.1) is 0 Å². The van der Waals surface area contributed by atoms with Crippen molar-refractivity contribution in [3.05, 3.63) is 29.2 Å². The molecule has 1 rings (SSSR count). The molecule has 0 aliphatic rings. The second kappa shape index (κ2) is 9.21. The zero-order valence-corrected chi connectivity index (χ0v) is 12.6. The topological polar surface area (TPSA) is 31.4 Å². The maximum absolute atomic E-state index is 8.38. The predicted molar refractivity (Wildman–Crippen MR) is 45.5 cm³/mol. The van der Waals surface area contributed by atoms with E-state index < -0.39 is 0 Å². The Morgan fingerprint density at radius 2 is 1.50 bits per heavy atom. The molecule has 0 radical (unpaired) electrons. The van der Waals surface area contributed by atoms with Crippen LogP contribution in [0.15, 0.2) is 24.3 Å². The molecule has 0 N–H and O–H groups in total. The van der Waals surface area contributed by atoms with E-state index in [2.05, 4.69) is 4.98 Å². The third-order valence-corrected chi connectivity index (χ3v) is 1.48. The number of hydrogen-bond donors (Lipinski definition) is 0. The van der Waals surface area contributed by atoms with Crippen molar-refractivity contribution in [2.24, 2.45) is 0 Å². The maximum Gasteiger partial charge on any atom is 0.385 e. The maximum atomic E-state index is 8.38. The fraction of sp³-hybridized carbons (Fsp3) is 0.250. The van der Waals surface area contributed by atoms with Crippen LogP contribution in [-0.4, -0.2) is 14.1 Å². The molecule has 0 unspecified atom stereocenters. The van der Waals surface area contributed by atoms with Gasteiger partial charge in [-0.3, -0.25) is 0 Å². The van der Waals surface area contributed by atoms with E-state index in [-0.39, 0.29) is 44.3 Å². The quantitative estimate of drug-likeness (QED) is 0.392. The predicted octanol–water partition coefficient (Wildman–Crippen LogP) is -3.76. The van der Waals surface area contributed by atoms with Crippen molar-refractivity contribution in [1.82, 2.24) is 0 Å². The number of diazo groups is 1. The van der Waals surface area contributed by atoms with Crippen molar-refractivity contribution in [3.8, 4) is 0 Å². The van der Waals surface area contributed by atoms with E-state index in [0.717, 1.165) is 5.69 Å². The van der Waals surface area contributed by atoms with Gasteiger partial charge in [-0.15, -0.1) is 0 Å². The van der Waals surface area contributed by atoms with Gasteiger partial charge >= 0.3 is 5.69 Å². The van der Waals surface area contributed by atoms with Crippen LogP contribution in [0.4, 0.5) is 11.4 Å². The van der Waals surface area contributed by atoms with Crippen molar-refractivity contribution in [1.29, 1.82) is 5.39 Å². The normalized spacial score (nSPS) is 6.93. The molecule has 0 aromatic heterocycles. The first kappa shape index (κ1) is 19.3. The van der Waals surface area contributed by atoms with Gasteiger partial charge in [0.1, 0.15) is 0 Å². The summed E-state index contributed by atoms with van der Waals surface area (Å²) in [5, 5.41) is 8.38. The smallest absolute Gasteiger partial charge is 0.385 e. The Bertz CT molecular complexity index is 282. The molecular weight excluding hydrogens is 274 g/mol. The molecule has 0 amide bonds. The minimum atomic E-state index is 0. The average Bonchev–Trinajstić information content (AvgIpc) is 2.05. The van der Waals surface area contributed by atoms with Gasteiger partial charge in [0.2, 0.25) is 5.39 Å². The Labute approximate surface area is 109 Å². The SMILES string of the molecule is CN(C)c1ccc([N+]#N)cc1.[Cl-].[Cl-].[Zn]. The van der Waals surface area contributed by atoms with Gasteiger partial charge in [0.25, 0.3) is 0 Å². The molecule has 0 fully saturated rings. The summed E-state index contributed by atoms with van der Waals surface area (Å²) in [6.07, 6.45) is 0. The molecule has 0 saturated carbocycles. The van der Waals surface area contributed by atoms with E-state index in [1.165, 1.54) is 0 Å². The Hall–Kier alpha value is -0.357. The molecule has 0 saturated heterocycles. The average molecular weight is 284 g/mol.